The van der Waals surface area contributed by atoms with Gasteiger partial charge in [-0.15, -0.1) is 0 Å². The standard InChI is InChI=1S/C25H22ClFN4O4S/c26-17-8-10-18(11-9-17)29-24(33)31-25(14-4-5-15-25)23(32)30-20-13-12-19(16-6-2-1-3-7-16)22(21(20)27)36(28,34)35/h1-13H,14-15H2,(H,30,32)(H2,28,34,35)(H2,29,31,33). The van der Waals surface area contributed by atoms with Crippen LogP contribution < -0.4 is 21.1 Å². The summed E-state index contributed by atoms with van der Waals surface area (Å²) in [6, 6.07) is 16.7. The van der Waals surface area contributed by atoms with E-state index in [9.17, 15) is 18.0 Å². The van der Waals surface area contributed by atoms with E-state index in [1.807, 2.05) is 0 Å². The van der Waals surface area contributed by atoms with E-state index in [1.165, 1.54) is 12.1 Å². The molecule has 3 amide bonds. The predicted molar refractivity (Wildman–Crippen MR) is 137 cm³/mol. The molecule has 0 saturated heterocycles. The fourth-order valence-corrected chi connectivity index (χ4v) is 4.91. The number of anilines is 2. The molecule has 0 aliphatic heterocycles. The molecule has 186 valence electrons. The van der Waals surface area contributed by atoms with Gasteiger partial charge in [-0.3, -0.25) is 4.79 Å². The molecule has 0 heterocycles. The van der Waals surface area contributed by atoms with Gasteiger partial charge in [0.15, 0.2) is 5.82 Å². The number of halogens is 2. The molecular formula is C25H22ClFN4O4S. The van der Waals surface area contributed by atoms with E-state index in [2.05, 4.69) is 16.0 Å². The molecule has 1 aliphatic carbocycles. The third-order valence-electron chi connectivity index (χ3n) is 5.70. The molecule has 5 N–H and O–H groups in total. The lowest BCUT2D eigenvalue weighted by Gasteiger charge is -2.29. The summed E-state index contributed by atoms with van der Waals surface area (Å²) in [5.41, 5.74) is -0.835. The molecule has 0 atom stereocenters. The second-order valence-electron chi connectivity index (χ2n) is 8.22. The Kier molecular flexibility index (Phi) is 7.11. The number of nitrogens with one attached hydrogen (secondary N) is 3. The number of primary sulfonamides is 1. The zero-order valence-electron chi connectivity index (χ0n) is 18.8. The Hall–Kier alpha value is -3.73. The van der Waals surface area contributed by atoms with Crippen LogP contribution in [0.4, 0.5) is 20.6 Å². The van der Waals surface area contributed by atoms with Gasteiger partial charge in [0.25, 0.3) is 5.91 Å². The zero-order chi connectivity index (χ0) is 25.9. The summed E-state index contributed by atoms with van der Waals surface area (Å²) in [5, 5.41) is 13.5. The van der Waals surface area contributed by atoms with Crippen LogP contribution in [0.3, 0.4) is 0 Å². The first-order valence-electron chi connectivity index (χ1n) is 10.8. The number of amides is 3. The van der Waals surface area contributed by atoms with Gasteiger partial charge >= 0.3 is 6.03 Å². The maximum atomic E-state index is 15.5. The lowest BCUT2D eigenvalue weighted by atomic mass is 9.95. The largest absolute Gasteiger partial charge is 0.323 e. The minimum absolute atomic E-state index is 0.0614. The van der Waals surface area contributed by atoms with Crippen molar-refractivity contribution >= 4 is 44.9 Å². The zero-order valence-corrected chi connectivity index (χ0v) is 20.4. The van der Waals surface area contributed by atoms with Gasteiger partial charge in [0.2, 0.25) is 10.0 Å². The summed E-state index contributed by atoms with van der Waals surface area (Å²) < 4.78 is 40.0. The number of hydrogen-bond donors (Lipinski definition) is 4. The van der Waals surface area contributed by atoms with E-state index in [-0.39, 0.29) is 24.1 Å². The molecule has 0 aromatic heterocycles. The van der Waals surface area contributed by atoms with Gasteiger partial charge in [-0.1, -0.05) is 60.2 Å². The smallest absolute Gasteiger partial charge is 0.320 e. The highest BCUT2D eigenvalue weighted by Crippen LogP contribution is 2.34. The number of carbonyl (C=O) groups excluding carboxylic acids is 2. The van der Waals surface area contributed by atoms with E-state index in [4.69, 9.17) is 16.7 Å². The maximum absolute atomic E-state index is 15.5. The Morgan fingerprint density at radius 2 is 1.56 bits per heavy atom. The van der Waals surface area contributed by atoms with E-state index in [0.29, 0.717) is 16.3 Å². The van der Waals surface area contributed by atoms with E-state index < -0.39 is 38.2 Å². The molecule has 0 saturated carbocycles. The number of benzene rings is 3. The lowest BCUT2D eigenvalue weighted by molar-refractivity contribution is -0.121. The molecule has 0 fully saturated rings. The Morgan fingerprint density at radius 3 is 2.17 bits per heavy atom. The Bertz CT molecular complexity index is 1440. The fourth-order valence-electron chi connectivity index (χ4n) is 3.93. The number of rotatable bonds is 6. The van der Waals surface area contributed by atoms with Crippen LogP contribution in [0.1, 0.15) is 12.8 Å². The van der Waals surface area contributed by atoms with Crippen LogP contribution in [0.5, 0.6) is 0 Å². The number of urea groups is 1. The van der Waals surface area contributed by atoms with Crippen molar-refractivity contribution < 1.29 is 22.4 Å². The van der Waals surface area contributed by atoms with Crippen molar-refractivity contribution in [2.75, 3.05) is 10.6 Å². The highest BCUT2D eigenvalue weighted by Gasteiger charge is 2.41. The predicted octanol–water partition coefficient (Wildman–Crippen LogP) is 4.64. The molecule has 0 bridgehead atoms. The quantitative estimate of drug-likeness (QED) is 0.347. The summed E-state index contributed by atoms with van der Waals surface area (Å²) in [4.78, 5) is 25.2. The van der Waals surface area contributed by atoms with Crippen LogP contribution in [0, 0.1) is 5.82 Å². The van der Waals surface area contributed by atoms with Crippen LogP contribution in [-0.4, -0.2) is 25.9 Å². The van der Waals surface area contributed by atoms with Gasteiger partial charge in [-0.25, -0.2) is 22.7 Å². The minimum Gasteiger partial charge on any atom is -0.323 e. The average molecular weight is 529 g/mol. The van der Waals surface area contributed by atoms with Crippen molar-refractivity contribution in [2.45, 2.75) is 23.3 Å². The third-order valence-corrected chi connectivity index (χ3v) is 6.92. The summed E-state index contributed by atoms with van der Waals surface area (Å²) in [6.07, 6.45) is 3.73. The number of nitrogens with two attached hydrogens (primary N) is 1. The Balaban J connectivity index is 1.60. The minimum atomic E-state index is -4.49. The SMILES string of the molecule is NS(=O)(=O)c1c(-c2ccccc2)ccc(NC(=O)C2(NC(=O)Nc3ccc(Cl)cc3)CC=CC2)c1F. The van der Waals surface area contributed by atoms with Crippen LogP contribution in [0.15, 0.2) is 83.8 Å². The van der Waals surface area contributed by atoms with Crippen LogP contribution in [0.2, 0.25) is 5.02 Å². The maximum Gasteiger partial charge on any atom is 0.320 e. The molecule has 0 spiro atoms. The van der Waals surface area contributed by atoms with Crippen molar-refractivity contribution in [1.29, 1.82) is 0 Å². The highest BCUT2D eigenvalue weighted by molar-refractivity contribution is 7.89. The van der Waals surface area contributed by atoms with E-state index in [1.54, 1.807) is 66.7 Å². The molecule has 8 nitrogen and oxygen atoms in total. The monoisotopic (exact) mass is 528 g/mol. The third kappa shape index (κ3) is 5.40. The highest BCUT2D eigenvalue weighted by atomic mass is 35.5. The normalized spacial score (nSPS) is 14.3. The van der Waals surface area contributed by atoms with Crippen molar-refractivity contribution in [3.8, 4) is 11.1 Å². The van der Waals surface area contributed by atoms with Gasteiger partial charge in [0.1, 0.15) is 10.4 Å². The summed E-state index contributed by atoms with van der Waals surface area (Å²) in [7, 11) is -4.49. The molecule has 4 rings (SSSR count). The van der Waals surface area contributed by atoms with Gasteiger partial charge in [-0.05, 0) is 48.7 Å². The van der Waals surface area contributed by atoms with Crippen molar-refractivity contribution in [3.05, 3.63) is 89.7 Å². The van der Waals surface area contributed by atoms with Gasteiger partial charge < -0.3 is 16.0 Å². The molecule has 11 heteroatoms. The first-order chi connectivity index (χ1) is 17.1. The molecule has 0 radical (unpaired) electrons. The summed E-state index contributed by atoms with van der Waals surface area (Å²) in [6.45, 7) is 0. The molecule has 36 heavy (non-hydrogen) atoms. The van der Waals surface area contributed by atoms with Gasteiger partial charge in [-0.2, -0.15) is 0 Å². The lowest BCUT2D eigenvalue weighted by Crippen LogP contribution is -2.56. The van der Waals surface area contributed by atoms with Crippen LogP contribution >= 0.6 is 11.6 Å². The molecule has 0 unspecified atom stereocenters. The van der Waals surface area contributed by atoms with Crippen molar-refractivity contribution in [1.82, 2.24) is 5.32 Å². The topological polar surface area (TPSA) is 130 Å². The first-order valence-corrected chi connectivity index (χ1v) is 12.7. The molecular weight excluding hydrogens is 507 g/mol. The summed E-state index contributed by atoms with van der Waals surface area (Å²) in [5.74, 6) is -1.91. The van der Waals surface area contributed by atoms with E-state index >= 15 is 4.39 Å². The molecule has 1 aliphatic rings. The van der Waals surface area contributed by atoms with Crippen LogP contribution in [-0.2, 0) is 14.8 Å². The number of sulfonamides is 1. The molecule has 3 aromatic carbocycles. The summed E-state index contributed by atoms with van der Waals surface area (Å²) >= 11 is 5.86. The Labute approximate surface area is 212 Å². The van der Waals surface area contributed by atoms with Crippen LogP contribution in [0.25, 0.3) is 11.1 Å². The van der Waals surface area contributed by atoms with Crippen molar-refractivity contribution in [3.63, 3.8) is 0 Å². The van der Waals surface area contributed by atoms with Gasteiger partial charge in [0.05, 0.1) is 5.69 Å². The fraction of sp³-hybridized carbons (Fsp3) is 0.120. The number of carbonyl (C=O) groups is 2. The van der Waals surface area contributed by atoms with Gasteiger partial charge in [0, 0.05) is 16.3 Å². The van der Waals surface area contributed by atoms with E-state index in [0.717, 1.165) is 0 Å². The van der Waals surface area contributed by atoms with Crippen molar-refractivity contribution in [2.24, 2.45) is 5.14 Å². The Morgan fingerprint density at radius 1 is 0.917 bits per heavy atom. The second-order valence-corrected chi connectivity index (χ2v) is 10.2. The number of hydrogen-bond acceptors (Lipinski definition) is 4. The first kappa shape index (κ1) is 25.4. The average Bonchev–Trinajstić information content (AvgIpc) is 3.31. The molecule has 3 aromatic rings. The second kappa shape index (κ2) is 10.1.